The first-order valence-electron chi connectivity index (χ1n) is 4.85. The Balaban J connectivity index is 2.51. The second-order valence-corrected chi connectivity index (χ2v) is 4.50. The van der Waals surface area contributed by atoms with Crippen LogP contribution in [0.2, 0.25) is 0 Å². The Labute approximate surface area is 92.1 Å². The zero-order chi connectivity index (χ0) is 10.1. The molecule has 0 aliphatic carbocycles. The molecule has 0 saturated heterocycles. The van der Waals surface area contributed by atoms with E-state index >= 15 is 0 Å². The van der Waals surface area contributed by atoms with Gasteiger partial charge >= 0.3 is 0 Å². The molecule has 3 heteroatoms. The molecule has 2 rings (SSSR count). The predicted octanol–water partition coefficient (Wildman–Crippen LogP) is 3.61. The third-order valence-electron chi connectivity index (χ3n) is 2.55. The molecule has 14 heavy (non-hydrogen) atoms. The lowest BCUT2D eigenvalue weighted by Gasteiger charge is -2.01. The quantitative estimate of drug-likeness (QED) is 0.799. The van der Waals surface area contributed by atoms with E-state index in [1.165, 1.54) is 5.69 Å². The number of rotatable bonds is 2. The molecule has 2 heterocycles. The van der Waals surface area contributed by atoms with Crippen LogP contribution in [0.3, 0.4) is 0 Å². The first-order valence-corrected chi connectivity index (χ1v) is 5.64. The van der Waals surface area contributed by atoms with Crippen molar-refractivity contribution >= 4 is 21.6 Å². The number of hydrogen-bond donors (Lipinski definition) is 0. The minimum Gasteiger partial charge on any atom is -0.306 e. The van der Waals surface area contributed by atoms with Gasteiger partial charge in [0.15, 0.2) is 0 Å². The van der Waals surface area contributed by atoms with Gasteiger partial charge in [-0.15, -0.1) is 0 Å². The summed E-state index contributed by atoms with van der Waals surface area (Å²) in [5, 5.41) is 0. The summed E-state index contributed by atoms with van der Waals surface area (Å²) in [6, 6.07) is 4.04. The second-order valence-electron chi connectivity index (χ2n) is 3.59. The van der Waals surface area contributed by atoms with Gasteiger partial charge in [0.25, 0.3) is 0 Å². The fraction of sp³-hybridized carbons (Fsp3) is 0.364. The van der Waals surface area contributed by atoms with Crippen LogP contribution in [-0.4, -0.2) is 9.38 Å². The molecule has 0 fully saturated rings. The van der Waals surface area contributed by atoms with Crippen LogP contribution in [0.15, 0.2) is 29.0 Å². The van der Waals surface area contributed by atoms with Crippen LogP contribution in [-0.2, 0) is 0 Å². The lowest BCUT2D eigenvalue weighted by Crippen LogP contribution is -1.89. The molecule has 2 aromatic rings. The van der Waals surface area contributed by atoms with E-state index < -0.39 is 0 Å². The van der Waals surface area contributed by atoms with E-state index in [0.717, 1.165) is 16.5 Å². The number of aromatic nitrogens is 2. The average molecular weight is 253 g/mol. The topological polar surface area (TPSA) is 17.3 Å². The van der Waals surface area contributed by atoms with E-state index in [9.17, 15) is 0 Å². The molecule has 74 valence electrons. The summed E-state index contributed by atoms with van der Waals surface area (Å²) < 4.78 is 3.14. The maximum absolute atomic E-state index is 4.57. The van der Waals surface area contributed by atoms with Crippen molar-refractivity contribution < 1.29 is 0 Å². The van der Waals surface area contributed by atoms with Crippen molar-refractivity contribution in [1.29, 1.82) is 0 Å². The van der Waals surface area contributed by atoms with Crippen LogP contribution in [0, 0.1) is 0 Å². The van der Waals surface area contributed by atoms with E-state index in [2.05, 4.69) is 45.4 Å². The number of hydrogen-bond acceptors (Lipinski definition) is 1. The van der Waals surface area contributed by atoms with E-state index in [1.807, 2.05) is 18.3 Å². The van der Waals surface area contributed by atoms with Crippen molar-refractivity contribution in [3.63, 3.8) is 0 Å². The van der Waals surface area contributed by atoms with Gasteiger partial charge in [-0.25, -0.2) is 4.98 Å². The summed E-state index contributed by atoms with van der Waals surface area (Å²) >= 11 is 3.45. The smallest absolute Gasteiger partial charge is 0.137 e. The highest BCUT2D eigenvalue weighted by Crippen LogP contribution is 2.19. The molecule has 0 saturated carbocycles. The molecule has 0 aromatic carbocycles. The minimum atomic E-state index is 0.536. The summed E-state index contributed by atoms with van der Waals surface area (Å²) in [6.07, 6.45) is 5.27. The SMILES string of the molecule is CCC(C)c1cn2cc(Br)ccc2n1. The van der Waals surface area contributed by atoms with Gasteiger partial charge in [0.2, 0.25) is 0 Å². The molecule has 0 spiro atoms. The van der Waals surface area contributed by atoms with Crippen molar-refractivity contribution in [1.82, 2.24) is 9.38 Å². The Morgan fingerprint density at radius 2 is 2.21 bits per heavy atom. The number of imidazole rings is 1. The molecule has 0 aliphatic rings. The van der Waals surface area contributed by atoms with Crippen molar-refractivity contribution in [2.24, 2.45) is 0 Å². The monoisotopic (exact) mass is 252 g/mol. The first kappa shape index (κ1) is 9.71. The molecule has 0 N–H and O–H groups in total. The Morgan fingerprint density at radius 1 is 1.43 bits per heavy atom. The number of halogens is 1. The molecular weight excluding hydrogens is 240 g/mol. The maximum Gasteiger partial charge on any atom is 0.137 e. The van der Waals surface area contributed by atoms with Crippen molar-refractivity contribution in [2.45, 2.75) is 26.2 Å². The standard InChI is InChI=1S/C11H13BrN2/c1-3-8(2)10-7-14-6-9(12)4-5-11(14)13-10/h4-8H,3H2,1-2H3. The van der Waals surface area contributed by atoms with Crippen molar-refractivity contribution in [3.8, 4) is 0 Å². The average Bonchev–Trinajstić information content (AvgIpc) is 2.59. The van der Waals surface area contributed by atoms with Crippen LogP contribution in [0.5, 0.6) is 0 Å². The summed E-state index contributed by atoms with van der Waals surface area (Å²) in [5.41, 5.74) is 2.19. The number of nitrogens with zero attached hydrogens (tertiary/aromatic N) is 2. The fourth-order valence-corrected chi connectivity index (χ4v) is 1.78. The molecule has 2 nitrogen and oxygen atoms in total. The third-order valence-corrected chi connectivity index (χ3v) is 3.02. The molecular formula is C11H13BrN2. The van der Waals surface area contributed by atoms with Gasteiger partial charge in [0, 0.05) is 16.9 Å². The molecule has 0 amide bonds. The zero-order valence-electron chi connectivity index (χ0n) is 8.37. The predicted molar refractivity (Wildman–Crippen MR) is 61.6 cm³/mol. The Kier molecular flexibility index (Phi) is 2.59. The van der Waals surface area contributed by atoms with Crippen molar-refractivity contribution in [3.05, 3.63) is 34.7 Å². The normalized spacial score (nSPS) is 13.4. The van der Waals surface area contributed by atoms with Gasteiger partial charge in [-0.3, -0.25) is 0 Å². The molecule has 1 atom stereocenters. The van der Waals surface area contributed by atoms with Gasteiger partial charge in [-0.2, -0.15) is 0 Å². The van der Waals surface area contributed by atoms with E-state index in [-0.39, 0.29) is 0 Å². The van der Waals surface area contributed by atoms with Gasteiger partial charge in [-0.05, 0) is 40.4 Å². The first-order chi connectivity index (χ1) is 6.70. The van der Waals surface area contributed by atoms with E-state index in [1.54, 1.807) is 0 Å². The van der Waals surface area contributed by atoms with Crippen LogP contribution in [0.1, 0.15) is 31.9 Å². The lowest BCUT2D eigenvalue weighted by atomic mass is 10.1. The fourth-order valence-electron chi connectivity index (χ4n) is 1.43. The van der Waals surface area contributed by atoms with E-state index in [4.69, 9.17) is 0 Å². The zero-order valence-corrected chi connectivity index (χ0v) is 9.95. The summed E-state index contributed by atoms with van der Waals surface area (Å²) in [6.45, 7) is 4.39. The lowest BCUT2D eigenvalue weighted by molar-refractivity contribution is 0.714. The molecule has 2 aromatic heterocycles. The largest absolute Gasteiger partial charge is 0.306 e. The molecule has 0 bridgehead atoms. The van der Waals surface area contributed by atoms with Gasteiger partial charge in [0.1, 0.15) is 5.65 Å². The number of pyridine rings is 1. The van der Waals surface area contributed by atoms with Gasteiger partial charge < -0.3 is 4.40 Å². The van der Waals surface area contributed by atoms with E-state index in [0.29, 0.717) is 5.92 Å². The Hall–Kier alpha value is -0.830. The van der Waals surface area contributed by atoms with Crippen LogP contribution in [0.25, 0.3) is 5.65 Å². The molecule has 0 aliphatic heterocycles. The van der Waals surface area contributed by atoms with Gasteiger partial charge in [0.05, 0.1) is 5.69 Å². The van der Waals surface area contributed by atoms with Crippen LogP contribution >= 0.6 is 15.9 Å². The van der Waals surface area contributed by atoms with Gasteiger partial charge in [-0.1, -0.05) is 13.8 Å². The number of fused-ring (bicyclic) bond motifs is 1. The Morgan fingerprint density at radius 3 is 2.93 bits per heavy atom. The van der Waals surface area contributed by atoms with Crippen molar-refractivity contribution in [2.75, 3.05) is 0 Å². The highest BCUT2D eigenvalue weighted by molar-refractivity contribution is 9.10. The summed E-state index contributed by atoms with van der Waals surface area (Å²) in [4.78, 5) is 4.57. The highest BCUT2D eigenvalue weighted by atomic mass is 79.9. The van der Waals surface area contributed by atoms with Crippen LogP contribution in [0.4, 0.5) is 0 Å². The molecule has 1 unspecified atom stereocenters. The maximum atomic E-state index is 4.57. The highest BCUT2D eigenvalue weighted by Gasteiger charge is 2.07. The second kappa shape index (κ2) is 3.73. The summed E-state index contributed by atoms with van der Waals surface area (Å²) in [5.74, 6) is 0.536. The summed E-state index contributed by atoms with van der Waals surface area (Å²) in [7, 11) is 0. The Bertz CT molecular complexity index is 447. The molecule has 0 radical (unpaired) electrons. The third kappa shape index (κ3) is 1.69. The minimum absolute atomic E-state index is 0.536. The van der Waals surface area contributed by atoms with Crippen LogP contribution < -0.4 is 0 Å².